The van der Waals surface area contributed by atoms with Crippen LogP contribution < -0.4 is 10.1 Å². The Balaban J connectivity index is 0.969. The van der Waals surface area contributed by atoms with E-state index >= 15 is 0 Å². The standard InChI is InChI=1S/C37H53NO5/c1-5-41-35(40)38-27-11-13-29-25(21-24(2)43-33(29)23-27)9-7-6-8-20-42-34-15-14-31-30-12-10-26-22-28(39)16-18-36(26,3)32(30)17-19-37(31,34)4/h11,13,21,23,26,28,30-32,34,39H,2,5-10,12,14-20,22H2,1,3-4H3,(H,38,40)/t26-,28+,30-,31-,32-,34-,36-,37-/m0/s1. The number of carbonyl (C=O) groups is 1. The summed E-state index contributed by atoms with van der Waals surface area (Å²) in [5.41, 5.74) is 3.71. The van der Waals surface area contributed by atoms with E-state index in [0.29, 0.717) is 35.0 Å². The van der Waals surface area contributed by atoms with E-state index in [1.165, 1.54) is 50.5 Å². The Hall–Kier alpha value is -2.31. The van der Waals surface area contributed by atoms with Crippen molar-refractivity contribution < 1.29 is 24.1 Å². The monoisotopic (exact) mass is 591 g/mol. The number of ether oxygens (including phenoxy) is 3. The average molecular weight is 592 g/mol. The Labute approximate surface area is 258 Å². The lowest BCUT2D eigenvalue weighted by Crippen LogP contribution is -2.54. The number of amides is 1. The maximum atomic E-state index is 11.8. The van der Waals surface area contributed by atoms with Gasteiger partial charge < -0.3 is 19.3 Å². The number of rotatable bonds is 9. The van der Waals surface area contributed by atoms with E-state index < -0.39 is 6.09 Å². The normalized spacial score (nSPS) is 36.4. The molecule has 0 spiro atoms. The maximum Gasteiger partial charge on any atom is 0.411 e. The quantitative estimate of drug-likeness (QED) is 0.281. The second-order valence-corrected chi connectivity index (χ2v) is 14.7. The summed E-state index contributed by atoms with van der Waals surface area (Å²) in [7, 11) is 0. The molecule has 4 aliphatic carbocycles. The van der Waals surface area contributed by atoms with Gasteiger partial charge in [0.05, 0.1) is 18.8 Å². The number of allylic oxidation sites excluding steroid dienone is 2. The second kappa shape index (κ2) is 12.6. The number of aliphatic hydroxyl groups is 1. The highest BCUT2D eigenvalue weighted by Gasteiger charge is 2.60. The van der Waals surface area contributed by atoms with Crippen LogP contribution in [0.1, 0.15) is 110 Å². The minimum Gasteiger partial charge on any atom is -0.457 e. The van der Waals surface area contributed by atoms with Gasteiger partial charge in [-0.05, 0) is 142 Å². The van der Waals surface area contributed by atoms with Crippen molar-refractivity contribution in [3.05, 3.63) is 42.2 Å². The SMILES string of the molecule is C=C1C=C(CCCCCO[C@H]2CC[C@H]3[C@@H]4CC[C@H]5C[C@H](O)CC[C@]5(C)[C@H]4CC[C@]23C)c2ccc(NC(=O)OCC)cc2O1. The molecule has 0 radical (unpaired) electrons. The van der Waals surface area contributed by atoms with Crippen molar-refractivity contribution in [1.82, 2.24) is 0 Å². The highest BCUT2D eigenvalue weighted by atomic mass is 16.5. The number of benzene rings is 1. The van der Waals surface area contributed by atoms with E-state index in [0.717, 1.165) is 80.1 Å². The zero-order valence-electron chi connectivity index (χ0n) is 26.7. The van der Waals surface area contributed by atoms with Gasteiger partial charge in [0.1, 0.15) is 11.5 Å². The fourth-order valence-corrected chi connectivity index (χ4v) is 10.2. The topological polar surface area (TPSA) is 77.0 Å². The van der Waals surface area contributed by atoms with Crippen LogP contribution in [0.5, 0.6) is 5.75 Å². The van der Waals surface area contributed by atoms with Crippen molar-refractivity contribution in [3.63, 3.8) is 0 Å². The zero-order chi connectivity index (χ0) is 30.2. The molecular formula is C37H53NO5. The molecule has 236 valence electrons. The van der Waals surface area contributed by atoms with Crippen molar-refractivity contribution in [2.45, 2.75) is 116 Å². The molecule has 43 heavy (non-hydrogen) atoms. The van der Waals surface area contributed by atoms with Crippen molar-refractivity contribution in [1.29, 1.82) is 0 Å². The molecule has 2 N–H and O–H groups in total. The lowest BCUT2D eigenvalue weighted by molar-refractivity contribution is -0.141. The van der Waals surface area contributed by atoms with Gasteiger partial charge in [0.15, 0.2) is 0 Å². The smallest absolute Gasteiger partial charge is 0.411 e. The molecule has 0 aromatic heterocycles. The lowest BCUT2D eigenvalue weighted by atomic mass is 9.45. The summed E-state index contributed by atoms with van der Waals surface area (Å²) in [5, 5.41) is 13.1. The van der Waals surface area contributed by atoms with Gasteiger partial charge in [-0.1, -0.05) is 26.8 Å². The Kier molecular flexibility index (Phi) is 8.99. The number of nitrogens with one attached hydrogen (secondary N) is 1. The molecule has 1 heterocycles. The van der Waals surface area contributed by atoms with Crippen molar-refractivity contribution in [3.8, 4) is 5.75 Å². The minimum absolute atomic E-state index is 0.0636. The molecule has 5 aliphatic rings. The van der Waals surface area contributed by atoms with Gasteiger partial charge >= 0.3 is 6.09 Å². The van der Waals surface area contributed by atoms with Gasteiger partial charge in [-0.3, -0.25) is 5.32 Å². The number of fused-ring (bicyclic) bond motifs is 6. The predicted molar refractivity (Wildman–Crippen MR) is 171 cm³/mol. The second-order valence-electron chi connectivity index (χ2n) is 14.7. The molecule has 8 atom stereocenters. The van der Waals surface area contributed by atoms with Crippen LogP contribution in [-0.2, 0) is 9.47 Å². The molecule has 6 nitrogen and oxygen atoms in total. The third-order valence-electron chi connectivity index (χ3n) is 12.4. The van der Waals surface area contributed by atoms with Crippen LogP contribution in [-0.4, -0.2) is 36.6 Å². The summed E-state index contributed by atoms with van der Waals surface area (Å²) in [4.78, 5) is 11.8. The average Bonchev–Trinajstić information content (AvgIpc) is 3.31. The van der Waals surface area contributed by atoms with Crippen LogP contribution in [0.3, 0.4) is 0 Å². The predicted octanol–water partition coefficient (Wildman–Crippen LogP) is 8.89. The van der Waals surface area contributed by atoms with Crippen LogP contribution in [0.2, 0.25) is 0 Å². The van der Waals surface area contributed by atoms with E-state index in [1.807, 2.05) is 24.3 Å². The Morgan fingerprint density at radius 1 is 1.05 bits per heavy atom. The fraction of sp³-hybridized carbons (Fsp3) is 0.703. The summed E-state index contributed by atoms with van der Waals surface area (Å²) >= 11 is 0. The van der Waals surface area contributed by atoms with Crippen LogP contribution in [0.15, 0.2) is 36.6 Å². The van der Waals surface area contributed by atoms with Crippen LogP contribution in [0.4, 0.5) is 10.5 Å². The van der Waals surface area contributed by atoms with E-state index in [-0.39, 0.29) is 6.10 Å². The summed E-state index contributed by atoms with van der Waals surface area (Å²) in [6.45, 7) is 12.1. The van der Waals surface area contributed by atoms with Crippen molar-refractivity contribution in [2.75, 3.05) is 18.5 Å². The third kappa shape index (κ3) is 6.03. The molecular weight excluding hydrogens is 538 g/mol. The van der Waals surface area contributed by atoms with E-state index in [2.05, 4.69) is 25.7 Å². The van der Waals surface area contributed by atoms with Gasteiger partial charge in [0.2, 0.25) is 0 Å². The van der Waals surface area contributed by atoms with Crippen LogP contribution in [0.25, 0.3) is 5.57 Å². The van der Waals surface area contributed by atoms with Gasteiger partial charge in [0, 0.05) is 23.9 Å². The molecule has 0 saturated heterocycles. The summed E-state index contributed by atoms with van der Waals surface area (Å²) in [6.07, 6.45) is 17.4. The highest BCUT2D eigenvalue weighted by Crippen LogP contribution is 2.66. The summed E-state index contributed by atoms with van der Waals surface area (Å²) in [6, 6.07) is 5.74. The highest BCUT2D eigenvalue weighted by molar-refractivity contribution is 5.86. The number of aliphatic hydroxyl groups excluding tert-OH is 1. The molecule has 0 bridgehead atoms. The van der Waals surface area contributed by atoms with Crippen molar-refractivity contribution in [2.24, 2.45) is 34.5 Å². The first-order valence-corrected chi connectivity index (χ1v) is 17.2. The molecule has 1 aliphatic heterocycles. The number of unbranched alkanes of at least 4 members (excludes halogenated alkanes) is 2. The summed E-state index contributed by atoms with van der Waals surface area (Å²) < 4.78 is 17.6. The van der Waals surface area contributed by atoms with Crippen LogP contribution in [0, 0.1) is 34.5 Å². The maximum absolute atomic E-state index is 11.8. The van der Waals surface area contributed by atoms with Crippen LogP contribution >= 0.6 is 0 Å². The van der Waals surface area contributed by atoms with E-state index in [4.69, 9.17) is 14.2 Å². The number of anilines is 1. The number of hydrogen-bond donors (Lipinski definition) is 2. The summed E-state index contributed by atoms with van der Waals surface area (Å²) in [5.74, 6) is 4.58. The molecule has 0 unspecified atom stereocenters. The Bertz CT molecular complexity index is 1230. The minimum atomic E-state index is -0.465. The van der Waals surface area contributed by atoms with Gasteiger partial charge in [-0.2, -0.15) is 0 Å². The Morgan fingerprint density at radius 2 is 1.86 bits per heavy atom. The zero-order valence-corrected chi connectivity index (χ0v) is 26.7. The van der Waals surface area contributed by atoms with E-state index in [1.54, 1.807) is 6.92 Å². The molecule has 4 fully saturated rings. The van der Waals surface area contributed by atoms with Gasteiger partial charge in [0.25, 0.3) is 0 Å². The van der Waals surface area contributed by atoms with Gasteiger partial charge in [-0.25, -0.2) is 4.79 Å². The molecule has 1 amide bonds. The first-order chi connectivity index (χ1) is 20.7. The molecule has 6 heteroatoms. The molecule has 1 aromatic rings. The van der Waals surface area contributed by atoms with E-state index in [9.17, 15) is 9.90 Å². The number of hydrogen-bond acceptors (Lipinski definition) is 5. The molecule has 1 aromatic carbocycles. The lowest BCUT2D eigenvalue weighted by Gasteiger charge is -2.60. The van der Waals surface area contributed by atoms with Gasteiger partial charge in [-0.15, -0.1) is 0 Å². The molecule has 4 saturated carbocycles. The number of carbonyl (C=O) groups excluding carboxylic acids is 1. The van der Waals surface area contributed by atoms with Crippen molar-refractivity contribution >= 4 is 17.4 Å². The third-order valence-corrected chi connectivity index (χ3v) is 12.4. The molecule has 6 rings (SSSR count). The first-order valence-electron chi connectivity index (χ1n) is 17.2. The Morgan fingerprint density at radius 3 is 2.70 bits per heavy atom. The fourth-order valence-electron chi connectivity index (χ4n) is 10.2. The first kappa shape index (κ1) is 30.7. The largest absolute Gasteiger partial charge is 0.457 e.